The number of aromatic nitrogens is 2. The minimum Gasteiger partial charge on any atom is -0.339 e. The number of aryl methyl sites for hydroxylation is 1. The molecule has 4 heteroatoms. The molecule has 0 unspecified atom stereocenters. The van der Waals surface area contributed by atoms with Gasteiger partial charge in [0.25, 0.3) is 5.91 Å². The molecule has 1 spiro atoms. The first kappa shape index (κ1) is 13.4. The van der Waals surface area contributed by atoms with Gasteiger partial charge in [-0.15, -0.1) is 0 Å². The third kappa shape index (κ3) is 2.10. The van der Waals surface area contributed by atoms with Gasteiger partial charge in [-0.05, 0) is 48.3 Å². The standard InChI is InChI=1S/C18H19N3O/c22-17(15-6-10-19-20-13-15)21-11-8-18(9-12-21)7-5-14-3-1-2-4-16(14)18/h1-4,6,10,13H,5,7-9,11-12H2. The second kappa shape index (κ2) is 5.20. The van der Waals surface area contributed by atoms with E-state index in [1.165, 1.54) is 24.0 Å². The van der Waals surface area contributed by atoms with Crippen LogP contribution in [0, 0.1) is 0 Å². The zero-order valence-electron chi connectivity index (χ0n) is 12.5. The monoisotopic (exact) mass is 293 g/mol. The number of rotatable bonds is 1. The van der Waals surface area contributed by atoms with Gasteiger partial charge < -0.3 is 4.90 Å². The number of piperidine rings is 1. The van der Waals surface area contributed by atoms with Gasteiger partial charge in [0.1, 0.15) is 0 Å². The molecule has 1 saturated heterocycles. The number of amides is 1. The first-order valence-corrected chi connectivity index (χ1v) is 7.93. The molecular weight excluding hydrogens is 274 g/mol. The zero-order chi connectivity index (χ0) is 15.0. The van der Waals surface area contributed by atoms with E-state index in [-0.39, 0.29) is 5.91 Å². The largest absolute Gasteiger partial charge is 0.339 e. The Morgan fingerprint density at radius 3 is 2.64 bits per heavy atom. The molecule has 0 radical (unpaired) electrons. The molecule has 22 heavy (non-hydrogen) atoms. The average Bonchev–Trinajstić information content (AvgIpc) is 2.95. The van der Waals surface area contributed by atoms with Crippen LogP contribution in [0.15, 0.2) is 42.7 Å². The molecule has 0 atom stereocenters. The van der Waals surface area contributed by atoms with Gasteiger partial charge in [-0.25, -0.2) is 0 Å². The molecule has 1 aliphatic heterocycles. The van der Waals surface area contributed by atoms with Crippen LogP contribution in [0.2, 0.25) is 0 Å². The van der Waals surface area contributed by atoms with Gasteiger partial charge in [0, 0.05) is 13.1 Å². The van der Waals surface area contributed by atoms with Crippen LogP contribution >= 0.6 is 0 Å². The number of nitrogens with zero attached hydrogens (tertiary/aromatic N) is 3. The zero-order valence-corrected chi connectivity index (χ0v) is 12.5. The van der Waals surface area contributed by atoms with E-state index < -0.39 is 0 Å². The van der Waals surface area contributed by atoms with Gasteiger partial charge in [0.2, 0.25) is 0 Å². The van der Waals surface area contributed by atoms with Crippen LogP contribution in [-0.4, -0.2) is 34.1 Å². The summed E-state index contributed by atoms with van der Waals surface area (Å²) >= 11 is 0. The summed E-state index contributed by atoms with van der Waals surface area (Å²) < 4.78 is 0. The molecule has 112 valence electrons. The van der Waals surface area contributed by atoms with Gasteiger partial charge in [-0.1, -0.05) is 24.3 Å². The summed E-state index contributed by atoms with van der Waals surface area (Å²) in [6.45, 7) is 1.66. The van der Waals surface area contributed by atoms with Crippen molar-refractivity contribution in [3.05, 3.63) is 59.4 Å². The number of carbonyl (C=O) groups excluding carboxylic acids is 1. The Kier molecular flexibility index (Phi) is 3.17. The molecule has 1 aromatic carbocycles. The predicted octanol–water partition coefficient (Wildman–Crippen LogP) is 2.60. The van der Waals surface area contributed by atoms with Crippen molar-refractivity contribution < 1.29 is 4.79 Å². The van der Waals surface area contributed by atoms with Crippen LogP contribution in [0.1, 0.15) is 40.7 Å². The van der Waals surface area contributed by atoms with E-state index in [9.17, 15) is 4.79 Å². The van der Waals surface area contributed by atoms with E-state index in [0.29, 0.717) is 11.0 Å². The summed E-state index contributed by atoms with van der Waals surface area (Å²) in [6.07, 6.45) is 7.66. The summed E-state index contributed by atoms with van der Waals surface area (Å²) in [5, 5.41) is 7.54. The highest BCUT2D eigenvalue weighted by Crippen LogP contribution is 2.46. The lowest BCUT2D eigenvalue weighted by atomic mass is 9.74. The van der Waals surface area contributed by atoms with E-state index >= 15 is 0 Å². The molecule has 2 heterocycles. The Balaban J connectivity index is 1.51. The fourth-order valence-electron chi connectivity index (χ4n) is 4.02. The van der Waals surface area contributed by atoms with Crippen molar-refractivity contribution in [2.75, 3.05) is 13.1 Å². The second-order valence-electron chi connectivity index (χ2n) is 6.36. The highest BCUT2D eigenvalue weighted by molar-refractivity contribution is 5.93. The third-order valence-electron chi connectivity index (χ3n) is 5.30. The molecule has 2 aliphatic rings. The molecule has 4 nitrogen and oxygen atoms in total. The summed E-state index contributed by atoms with van der Waals surface area (Å²) in [5.41, 5.74) is 3.95. The molecule has 0 saturated carbocycles. The van der Waals surface area contributed by atoms with Gasteiger partial charge >= 0.3 is 0 Å². The van der Waals surface area contributed by atoms with Crippen molar-refractivity contribution in [3.63, 3.8) is 0 Å². The van der Waals surface area contributed by atoms with E-state index in [1.54, 1.807) is 18.5 Å². The average molecular weight is 293 g/mol. The summed E-state index contributed by atoms with van der Waals surface area (Å²) in [4.78, 5) is 14.5. The van der Waals surface area contributed by atoms with Crippen LogP contribution in [0.3, 0.4) is 0 Å². The molecule has 1 aliphatic carbocycles. The van der Waals surface area contributed by atoms with Crippen LogP contribution < -0.4 is 0 Å². The van der Waals surface area contributed by atoms with Crippen molar-refractivity contribution in [2.45, 2.75) is 31.1 Å². The van der Waals surface area contributed by atoms with E-state index in [0.717, 1.165) is 25.9 Å². The SMILES string of the molecule is O=C(c1ccnnc1)N1CCC2(CCc3ccccc32)CC1. The van der Waals surface area contributed by atoms with Crippen LogP contribution in [-0.2, 0) is 11.8 Å². The van der Waals surface area contributed by atoms with Gasteiger partial charge in [-0.2, -0.15) is 10.2 Å². The van der Waals surface area contributed by atoms with Crippen molar-refractivity contribution in [3.8, 4) is 0 Å². The van der Waals surface area contributed by atoms with Crippen LogP contribution in [0.5, 0.6) is 0 Å². The number of likely N-dealkylation sites (tertiary alicyclic amines) is 1. The normalized spacial score (nSPS) is 19.2. The quantitative estimate of drug-likeness (QED) is 0.812. The summed E-state index contributed by atoms with van der Waals surface area (Å²) in [5.74, 6) is 0.0797. The lowest BCUT2D eigenvalue weighted by molar-refractivity contribution is 0.0665. The fraction of sp³-hybridized carbons (Fsp3) is 0.389. The lowest BCUT2D eigenvalue weighted by Gasteiger charge is -2.40. The van der Waals surface area contributed by atoms with E-state index in [1.807, 2.05) is 4.90 Å². The second-order valence-corrected chi connectivity index (χ2v) is 6.36. The Hall–Kier alpha value is -2.23. The lowest BCUT2D eigenvalue weighted by Crippen LogP contribution is -2.44. The minimum absolute atomic E-state index is 0.0797. The molecule has 2 aromatic rings. The van der Waals surface area contributed by atoms with E-state index in [4.69, 9.17) is 0 Å². The maximum absolute atomic E-state index is 12.5. The smallest absolute Gasteiger partial charge is 0.255 e. The van der Waals surface area contributed by atoms with Crippen molar-refractivity contribution in [1.82, 2.24) is 15.1 Å². The Morgan fingerprint density at radius 2 is 1.86 bits per heavy atom. The number of carbonyl (C=O) groups is 1. The molecule has 1 fully saturated rings. The summed E-state index contributed by atoms with van der Waals surface area (Å²) in [6, 6.07) is 10.6. The number of hydrogen-bond acceptors (Lipinski definition) is 3. The predicted molar refractivity (Wildman–Crippen MR) is 83.6 cm³/mol. The third-order valence-corrected chi connectivity index (χ3v) is 5.30. The topological polar surface area (TPSA) is 46.1 Å². The maximum atomic E-state index is 12.5. The number of hydrogen-bond donors (Lipinski definition) is 0. The van der Waals surface area contributed by atoms with Crippen molar-refractivity contribution in [1.29, 1.82) is 0 Å². The summed E-state index contributed by atoms with van der Waals surface area (Å²) in [7, 11) is 0. The molecular formula is C18H19N3O. The van der Waals surface area contributed by atoms with Crippen molar-refractivity contribution >= 4 is 5.91 Å². The number of benzene rings is 1. The van der Waals surface area contributed by atoms with Crippen LogP contribution in [0.4, 0.5) is 0 Å². The Bertz CT molecular complexity index is 690. The highest BCUT2D eigenvalue weighted by atomic mass is 16.2. The van der Waals surface area contributed by atoms with Gasteiger partial charge in [0.15, 0.2) is 0 Å². The van der Waals surface area contributed by atoms with Crippen molar-refractivity contribution in [2.24, 2.45) is 0 Å². The molecule has 1 aromatic heterocycles. The van der Waals surface area contributed by atoms with Gasteiger partial charge in [0.05, 0.1) is 18.0 Å². The Morgan fingerprint density at radius 1 is 1.05 bits per heavy atom. The molecule has 1 amide bonds. The van der Waals surface area contributed by atoms with Gasteiger partial charge in [-0.3, -0.25) is 4.79 Å². The van der Waals surface area contributed by atoms with Crippen LogP contribution in [0.25, 0.3) is 0 Å². The Labute approximate surface area is 130 Å². The number of fused-ring (bicyclic) bond motifs is 2. The molecule has 0 N–H and O–H groups in total. The highest BCUT2D eigenvalue weighted by Gasteiger charge is 2.41. The maximum Gasteiger partial charge on any atom is 0.255 e. The molecule has 4 rings (SSSR count). The molecule has 0 bridgehead atoms. The minimum atomic E-state index is 0.0797. The van der Waals surface area contributed by atoms with E-state index in [2.05, 4.69) is 34.5 Å². The fourth-order valence-corrected chi connectivity index (χ4v) is 4.02. The first-order valence-electron chi connectivity index (χ1n) is 7.93. The first-order chi connectivity index (χ1) is 10.8.